The zero-order valence-corrected chi connectivity index (χ0v) is 21.1. The first kappa shape index (κ1) is 24.6. The first-order valence-electron chi connectivity index (χ1n) is 12.1. The predicted molar refractivity (Wildman–Crippen MR) is 142 cm³/mol. The van der Waals surface area contributed by atoms with Crippen LogP contribution in [0.25, 0.3) is 11.1 Å². The molecule has 0 aliphatic carbocycles. The van der Waals surface area contributed by atoms with E-state index in [9.17, 15) is 4.57 Å². The normalized spacial score (nSPS) is 11.1. The number of hydrogen-bond acceptors (Lipinski definition) is 4. The zero-order valence-electron chi connectivity index (χ0n) is 20.2. The Bertz CT molecular complexity index is 1180. The second kappa shape index (κ2) is 11.8. The Morgan fingerprint density at radius 2 is 0.886 bits per heavy atom. The Hall–Kier alpha value is -3.49. The van der Waals surface area contributed by atoms with Crippen LogP contribution in [0.4, 0.5) is 0 Å². The Labute approximate surface area is 208 Å². The quantitative estimate of drug-likeness (QED) is 0.199. The van der Waals surface area contributed by atoms with Gasteiger partial charge in [0, 0.05) is 0 Å². The van der Waals surface area contributed by atoms with E-state index < -0.39 is 7.82 Å². The number of hydrogen-bond donors (Lipinski definition) is 0. The summed E-state index contributed by atoms with van der Waals surface area (Å²) in [6, 6.07) is 32.5. The topological polar surface area (TPSA) is 44.8 Å². The summed E-state index contributed by atoms with van der Waals surface area (Å²) in [6.07, 6.45) is 4.06. The van der Waals surface area contributed by atoms with Crippen LogP contribution in [0.1, 0.15) is 37.8 Å². The van der Waals surface area contributed by atoms with Gasteiger partial charge in [-0.25, -0.2) is 0 Å². The largest absolute Gasteiger partial charge is 0.647 e. The van der Waals surface area contributed by atoms with Gasteiger partial charge in [-0.05, 0) is 71.5 Å². The monoisotopic (exact) mass is 486 g/mol. The standard InChI is InChI=1S/C30H31O4P/c1-3-8-24-12-18-28(19-13-24)32-35(31,33-29-20-14-25(9-4-2)15-21-29)34-30-22-16-27(17-23-30)26-10-6-5-7-11-26/h5-7,10-23H,3-4,8-9H2,1-2H3. The van der Waals surface area contributed by atoms with Crippen LogP contribution in [-0.4, -0.2) is 0 Å². The number of aryl methyl sites for hydroxylation is 2. The van der Waals surface area contributed by atoms with E-state index in [1.54, 1.807) is 36.4 Å². The van der Waals surface area contributed by atoms with Crippen molar-refractivity contribution in [3.05, 3.63) is 114 Å². The number of phosphoric acid groups is 1. The molecule has 4 aromatic carbocycles. The summed E-state index contributed by atoms with van der Waals surface area (Å²) in [5, 5.41) is 0. The van der Waals surface area contributed by atoms with Gasteiger partial charge in [0.05, 0.1) is 0 Å². The number of benzene rings is 4. The van der Waals surface area contributed by atoms with Crippen molar-refractivity contribution in [1.29, 1.82) is 0 Å². The minimum atomic E-state index is -4.03. The third-order valence-electron chi connectivity index (χ3n) is 5.54. The minimum absolute atomic E-state index is 0.401. The number of rotatable bonds is 11. The average Bonchev–Trinajstić information content (AvgIpc) is 2.88. The van der Waals surface area contributed by atoms with Crippen molar-refractivity contribution in [2.75, 3.05) is 0 Å². The molecule has 0 saturated carbocycles. The van der Waals surface area contributed by atoms with Crippen molar-refractivity contribution in [3.8, 4) is 28.4 Å². The van der Waals surface area contributed by atoms with Gasteiger partial charge in [-0.1, -0.05) is 93.4 Å². The fourth-order valence-electron chi connectivity index (χ4n) is 3.79. The summed E-state index contributed by atoms with van der Waals surface area (Å²) < 4.78 is 31.4. The number of phosphoric ester groups is 1. The summed E-state index contributed by atoms with van der Waals surface area (Å²) in [5.41, 5.74) is 4.51. The maximum Gasteiger partial charge on any atom is 0.647 e. The third kappa shape index (κ3) is 7.00. The van der Waals surface area contributed by atoms with Crippen LogP contribution in [0.2, 0.25) is 0 Å². The van der Waals surface area contributed by atoms with Crippen molar-refractivity contribution >= 4 is 7.82 Å². The van der Waals surface area contributed by atoms with Crippen LogP contribution in [0.3, 0.4) is 0 Å². The Morgan fingerprint density at radius 3 is 1.29 bits per heavy atom. The van der Waals surface area contributed by atoms with Crippen molar-refractivity contribution in [3.63, 3.8) is 0 Å². The van der Waals surface area contributed by atoms with Gasteiger partial charge in [0.25, 0.3) is 0 Å². The van der Waals surface area contributed by atoms with Crippen LogP contribution in [-0.2, 0) is 17.4 Å². The van der Waals surface area contributed by atoms with E-state index in [0.29, 0.717) is 17.2 Å². The summed E-state index contributed by atoms with van der Waals surface area (Å²) in [4.78, 5) is 0. The molecule has 0 aromatic heterocycles. The highest BCUT2D eigenvalue weighted by atomic mass is 31.2. The highest BCUT2D eigenvalue weighted by molar-refractivity contribution is 7.49. The molecule has 0 spiro atoms. The van der Waals surface area contributed by atoms with E-state index in [2.05, 4.69) is 13.8 Å². The maximum atomic E-state index is 13.8. The van der Waals surface area contributed by atoms with E-state index in [-0.39, 0.29) is 0 Å². The molecule has 0 N–H and O–H groups in total. The molecule has 0 radical (unpaired) electrons. The molecule has 0 fully saturated rings. The maximum absolute atomic E-state index is 13.8. The summed E-state index contributed by atoms with van der Waals surface area (Å²) >= 11 is 0. The van der Waals surface area contributed by atoms with Crippen molar-refractivity contribution in [2.24, 2.45) is 0 Å². The van der Waals surface area contributed by atoms with Crippen LogP contribution >= 0.6 is 7.82 Å². The van der Waals surface area contributed by atoms with E-state index in [4.69, 9.17) is 13.6 Å². The third-order valence-corrected chi connectivity index (χ3v) is 6.84. The van der Waals surface area contributed by atoms with Crippen LogP contribution < -0.4 is 13.6 Å². The van der Waals surface area contributed by atoms with Crippen molar-refractivity contribution in [1.82, 2.24) is 0 Å². The molecule has 0 aliphatic heterocycles. The summed E-state index contributed by atoms with van der Waals surface area (Å²) in [5.74, 6) is 1.26. The fourth-order valence-corrected chi connectivity index (χ4v) is 5.04. The van der Waals surface area contributed by atoms with Gasteiger partial charge in [-0.15, -0.1) is 0 Å². The zero-order chi connectivity index (χ0) is 24.5. The molecular weight excluding hydrogens is 455 g/mol. The predicted octanol–water partition coefficient (Wildman–Crippen LogP) is 8.90. The molecule has 0 atom stereocenters. The molecule has 180 valence electrons. The second-order valence-corrected chi connectivity index (χ2v) is 9.84. The van der Waals surface area contributed by atoms with Crippen LogP contribution in [0.5, 0.6) is 17.2 Å². The fraction of sp³-hybridized carbons (Fsp3) is 0.200. The van der Waals surface area contributed by atoms with Gasteiger partial charge < -0.3 is 13.6 Å². The lowest BCUT2D eigenvalue weighted by Crippen LogP contribution is -2.07. The first-order valence-corrected chi connectivity index (χ1v) is 13.5. The van der Waals surface area contributed by atoms with Gasteiger partial charge in [-0.2, -0.15) is 4.57 Å². The Kier molecular flexibility index (Phi) is 8.28. The lowest BCUT2D eigenvalue weighted by molar-refractivity contribution is 0.298. The van der Waals surface area contributed by atoms with Gasteiger partial charge in [0.1, 0.15) is 17.2 Å². The SMILES string of the molecule is CCCc1ccc(OP(=O)(Oc2ccc(CCC)cc2)Oc2ccc(-c3ccccc3)cc2)cc1. The molecule has 5 heteroatoms. The Morgan fingerprint density at radius 1 is 0.514 bits per heavy atom. The van der Waals surface area contributed by atoms with E-state index in [1.807, 2.05) is 66.7 Å². The molecule has 4 aromatic rings. The van der Waals surface area contributed by atoms with Gasteiger partial charge in [0.2, 0.25) is 0 Å². The summed E-state index contributed by atoms with van der Waals surface area (Å²) in [7, 11) is -4.03. The molecule has 0 heterocycles. The molecule has 4 rings (SSSR count). The molecule has 4 nitrogen and oxygen atoms in total. The Balaban J connectivity index is 1.56. The lowest BCUT2D eigenvalue weighted by Gasteiger charge is -2.20. The molecule has 0 amide bonds. The van der Waals surface area contributed by atoms with Crippen LogP contribution in [0, 0.1) is 0 Å². The van der Waals surface area contributed by atoms with Gasteiger partial charge in [-0.3, -0.25) is 0 Å². The molecule has 35 heavy (non-hydrogen) atoms. The van der Waals surface area contributed by atoms with E-state index in [0.717, 1.165) is 36.8 Å². The lowest BCUT2D eigenvalue weighted by atomic mass is 10.1. The highest BCUT2D eigenvalue weighted by Crippen LogP contribution is 2.50. The van der Waals surface area contributed by atoms with E-state index in [1.165, 1.54) is 11.1 Å². The van der Waals surface area contributed by atoms with Gasteiger partial charge in [0.15, 0.2) is 0 Å². The van der Waals surface area contributed by atoms with E-state index >= 15 is 0 Å². The van der Waals surface area contributed by atoms with Crippen molar-refractivity contribution in [2.45, 2.75) is 39.5 Å². The highest BCUT2D eigenvalue weighted by Gasteiger charge is 2.33. The summed E-state index contributed by atoms with van der Waals surface area (Å²) in [6.45, 7) is 4.27. The smallest absolute Gasteiger partial charge is 0.386 e. The van der Waals surface area contributed by atoms with Crippen molar-refractivity contribution < 1.29 is 18.1 Å². The average molecular weight is 487 g/mol. The molecule has 0 unspecified atom stereocenters. The molecule has 0 bridgehead atoms. The van der Waals surface area contributed by atoms with Crippen LogP contribution in [0.15, 0.2) is 103 Å². The van der Waals surface area contributed by atoms with Gasteiger partial charge >= 0.3 is 7.82 Å². The molecule has 0 saturated heterocycles. The molecule has 0 aliphatic rings. The minimum Gasteiger partial charge on any atom is -0.386 e. The molecular formula is C30H31O4P. The second-order valence-electron chi connectivity index (χ2n) is 8.40. The first-order chi connectivity index (χ1) is 17.1.